The molecule has 1 aliphatic rings. The van der Waals surface area contributed by atoms with Gasteiger partial charge in [-0.05, 0) is 136 Å². The number of nitrogens with one attached hydrogen (secondary N) is 6. The summed E-state index contributed by atoms with van der Waals surface area (Å²) in [5.74, 6) is -0.275. The van der Waals surface area contributed by atoms with Crippen LogP contribution in [-0.2, 0) is 13.1 Å². The highest BCUT2D eigenvalue weighted by Gasteiger charge is 2.22. The van der Waals surface area contributed by atoms with Crippen LogP contribution in [-0.4, -0.2) is 60.2 Å². The molecule has 0 unspecified atom stereocenters. The Morgan fingerprint density at radius 3 is 1.44 bits per heavy atom. The second kappa shape index (κ2) is 22.8. The van der Waals surface area contributed by atoms with Crippen molar-refractivity contribution in [1.29, 1.82) is 0 Å². The number of aromatic nitrogens is 5. The quantitative estimate of drug-likeness (QED) is 0.0727. The molecule has 390 valence electrons. The van der Waals surface area contributed by atoms with E-state index in [2.05, 4.69) is 46.9 Å². The van der Waals surface area contributed by atoms with Gasteiger partial charge >= 0.3 is 18.1 Å². The lowest BCUT2D eigenvalue weighted by molar-refractivity contribution is 0.181. The number of para-hydroxylation sites is 2. The van der Waals surface area contributed by atoms with E-state index in [1.165, 1.54) is 24.3 Å². The molecule has 4 aromatic carbocycles. The van der Waals surface area contributed by atoms with Crippen LogP contribution in [0.25, 0.3) is 44.1 Å². The third kappa shape index (κ3) is 11.8. The van der Waals surface area contributed by atoms with Gasteiger partial charge in [0.1, 0.15) is 23.3 Å². The highest BCUT2D eigenvalue weighted by atomic mass is 19.1. The van der Waals surface area contributed by atoms with Crippen molar-refractivity contribution >= 4 is 80.0 Å². The van der Waals surface area contributed by atoms with Crippen LogP contribution in [0.15, 0.2) is 150 Å². The fraction of sp³-hybridized carbons (Fsp3) is 0.172. The van der Waals surface area contributed by atoms with E-state index in [1.54, 1.807) is 113 Å². The van der Waals surface area contributed by atoms with Gasteiger partial charge in [-0.3, -0.25) is 19.9 Å². The Labute approximate surface area is 441 Å². The van der Waals surface area contributed by atoms with Gasteiger partial charge in [0.2, 0.25) is 0 Å². The first-order valence-corrected chi connectivity index (χ1v) is 24.9. The lowest BCUT2D eigenvalue weighted by Crippen LogP contribution is -2.44. The number of hydrogen-bond acceptors (Lipinski definition) is 9. The summed E-state index contributed by atoms with van der Waals surface area (Å²) in [5, 5.41) is 17.9. The van der Waals surface area contributed by atoms with Crippen LogP contribution in [0, 0.1) is 32.4 Å². The van der Waals surface area contributed by atoms with Crippen molar-refractivity contribution in [1.82, 2.24) is 29.0 Å². The van der Waals surface area contributed by atoms with Crippen LogP contribution >= 0.6 is 0 Å². The van der Waals surface area contributed by atoms with E-state index in [0.29, 0.717) is 99.0 Å². The van der Waals surface area contributed by atoms with Gasteiger partial charge < -0.3 is 40.6 Å². The van der Waals surface area contributed by atoms with Crippen molar-refractivity contribution in [3.05, 3.63) is 189 Å². The lowest BCUT2D eigenvalue weighted by atomic mass is 9.99. The van der Waals surface area contributed by atoms with E-state index < -0.39 is 23.7 Å². The van der Waals surface area contributed by atoms with Crippen LogP contribution < -0.4 is 43.0 Å². The molecule has 0 spiro atoms. The number of fused-ring (bicyclic) bond motifs is 2. The molecule has 9 aromatic rings. The Morgan fingerprint density at radius 2 is 1.00 bits per heavy atom. The number of benzene rings is 4. The molecule has 6 heterocycles. The van der Waals surface area contributed by atoms with Crippen LogP contribution in [0.3, 0.4) is 0 Å². The van der Waals surface area contributed by atoms with Crippen LogP contribution in [0.1, 0.15) is 37.1 Å². The zero-order valence-electron chi connectivity index (χ0n) is 42.8. The maximum atomic E-state index is 14.8. The minimum Gasteiger partial charge on any atom is -0.339 e. The predicted molar refractivity (Wildman–Crippen MR) is 299 cm³/mol. The van der Waals surface area contributed by atoms with Crippen molar-refractivity contribution in [2.24, 2.45) is 0 Å². The standard InChI is InChI=1S/C30H27FN6O2.C28H27FN6O3/c1-4-37-27-15-28(34-22-11-10-19(3)32-17-22)33-16-20(27)13-24(29(37)38)23-14-26(25(31)12-18(23)2)36-30(39)35-21-8-6-5-7-9-21;1-3-35-24-15-25(33-28(38)34-10-7-11-34)30-16-18(24)13-21(26(35)36)20-14-23(22(29)12-17(20)2)32-27(37)31-19-8-5-4-6-9-19/h5-17H,4H2,1-3H3,(H,33,34)(H2,35,36,39);4-6,8-9,12-16H,3,7,10-11H2,1-2H3,(H,30,33,38)(H2,31,32,37). The Balaban J connectivity index is 0.000000188. The van der Waals surface area contributed by atoms with Crippen LogP contribution in [0.5, 0.6) is 0 Å². The van der Waals surface area contributed by atoms with Gasteiger partial charge in [0.15, 0.2) is 0 Å². The van der Waals surface area contributed by atoms with E-state index >= 15 is 0 Å². The molecule has 1 aliphatic heterocycles. The third-order valence-electron chi connectivity index (χ3n) is 12.9. The lowest BCUT2D eigenvalue weighted by Gasteiger charge is -2.30. The Morgan fingerprint density at radius 1 is 0.519 bits per heavy atom. The second-order valence-electron chi connectivity index (χ2n) is 18.2. The molecule has 6 N–H and O–H groups in total. The molecule has 0 bridgehead atoms. The molecule has 77 heavy (non-hydrogen) atoms. The normalized spacial score (nSPS) is 11.8. The molecular formula is C58H54F2N12O5. The average Bonchev–Trinajstić information content (AvgIpc) is 3.42. The number of carbonyl (C=O) groups is 3. The SMILES string of the molecule is CCn1c(=O)c(-c2cc(NC(=O)Nc3ccccc3)c(F)cc2C)cc2cnc(NC(=O)N3CCC3)cc21.CCn1c(=O)c(-c2cc(NC(=O)Nc3ccccc3)c(F)cc2C)cc2cnc(Nc3ccc(C)nc3)cc21. The summed E-state index contributed by atoms with van der Waals surface area (Å²) in [4.78, 5) is 79.4. The number of likely N-dealkylation sites (tertiary alicyclic amines) is 1. The first-order chi connectivity index (χ1) is 37.2. The number of rotatable bonds is 11. The third-order valence-corrected chi connectivity index (χ3v) is 12.9. The zero-order valence-corrected chi connectivity index (χ0v) is 42.8. The van der Waals surface area contributed by atoms with E-state index in [0.717, 1.165) is 23.2 Å². The molecule has 0 saturated carbocycles. The smallest absolute Gasteiger partial charge is 0.323 e. The summed E-state index contributed by atoms with van der Waals surface area (Å²) in [7, 11) is 0. The monoisotopic (exact) mass is 1040 g/mol. The largest absolute Gasteiger partial charge is 0.339 e. The van der Waals surface area contributed by atoms with Gasteiger partial charge in [0.05, 0.1) is 34.3 Å². The molecule has 0 atom stereocenters. The molecule has 1 fully saturated rings. The molecule has 10 rings (SSSR count). The summed E-state index contributed by atoms with van der Waals surface area (Å²) in [6, 6.07) is 32.6. The number of anilines is 7. The molecule has 0 aliphatic carbocycles. The fourth-order valence-electron chi connectivity index (χ4n) is 8.82. The number of pyridine rings is 5. The maximum Gasteiger partial charge on any atom is 0.323 e. The van der Waals surface area contributed by atoms with Gasteiger partial charge in [-0.25, -0.2) is 33.1 Å². The molecule has 19 heteroatoms. The summed E-state index contributed by atoms with van der Waals surface area (Å²) in [5.41, 5.74) is 6.43. The van der Waals surface area contributed by atoms with Gasteiger partial charge in [-0.1, -0.05) is 36.4 Å². The van der Waals surface area contributed by atoms with E-state index in [9.17, 15) is 32.8 Å². The number of halogens is 2. The fourth-order valence-corrected chi connectivity index (χ4v) is 8.82. The number of amides is 6. The van der Waals surface area contributed by atoms with Crippen molar-refractivity contribution in [3.63, 3.8) is 0 Å². The van der Waals surface area contributed by atoms with Gasteiger partial charge in [0, 0.05) is 89.7 Å². The first-order valence-electron chi connectivity index (χ1n) is 24.9. The highest BCUT2D eigenvalue weighted by molar-refractivity contribution is 6.01. The number of nitrogens with zero attached hydrogens (tertiary/aromatic N) is 6. The molecule has 17 nitrogen and oxygen atoms in total. The Kier molecular flexibility index (Phi) is 15.4. The van der Waals surface area contributed by atoms with Crippen molar-refractivity contribution in [3.8, 4) is 22.3 Å². The zero-order chi connectivity index (χ0) is 54.3. The van der Waals surface area contributed by atoms with Gasteiger partial charge in [-0.2, -0.15) is 0 Å². The topological polar surface area (TPSA) is 209 Å². The molecule has 5 aromatic heterocycles. The molecule has 0 radical (unpaired) electrons. The summed E-state index contributed by atoms with van der Waals surface area (Å²) >= 11 is 0. The first kappa shape index (κ1) is 52.1. The maximum absolute atomic E-state index is 14.8. The second-order valence-corrected chi connectivity index (χ2v) is 18.2. The molecule has 1 saturated heterocycles. The van der Waals surface area contributed by atoms with E-state index in [1.807, 2.05) is 51.1 Å². The summed E-state index contributed by atoms with van der Waals surface area (Å²) < 4.78 is 32.9. The Hall–Kier alpha value is -9.78. The predicted octanol–water partition coefficient (Wildman–Crippen LogP) is 12.0. The van der Waals surface area contributed by atoms with Crippen molar-refractivity contribution in [2.45, 2.75) is 54.1 Å². The summed E-state index contributed by atoms with van der Waals surface area (Å²) in [6.45, 7) is 11.3. The highest BCUT2D eigenvalue weighted by Crippen LogP contribution is 2.32. The Bertz CT molecular complexity index is 3830. The minimum absolute atomic E-state index is 0.0315. The number of aryl methyl sites for hydroxylation is 5. The average molecular weight is 1040 g/mol. The number of urea groups is 3. The van der Waals surface area contributed by atoms with Gasteiger partial charge in [0.25, 0.3) is 11.1 Å². The van der Waals surface area contributed by atoms with Crippen molar-refractivity contribution in [2.75, 3.05) is 45.0 Å². The van der Waals surface area contributed by atoms with Crippen molar-refractivity contribution < 1.29 is 23.2 Å². The van der Waals surface area contributed by atoms with E-state index in [4.69, 9.17) is 0 Å². The minimum atomic E-state index is -0.615. The molecular weight excluding hydrogens is 983 g/mol. The number of carbonyl (C=O) groups excluding carboxylic acids is 3. The van der Waals surface area contributed by atoms with Crippen LogP contribution in [0.2, 0.25) is 0 Å². The number of hydrogen-bond donors (Lipinski definition) is 6. The van der Waals surface area contributed by atoms with Gasteiger partial charge in [-0.15, -0.1) is 0 Å². The molecule has 6 amide bonds. The summed E-state index contributed by atoms with van der Waals surface area (Å²) in [6.07, 6.45) is 6.00. The van der Waals surface area contributed by atoms with Crippen LogP contribution in [0.4, 0.5) is 63.2 Å². The van der Waals surface area contributed by atoms with E-state index in [-0.39, 0.29) is 28.5 Å².